The maximum atomic E-state index is 12.5. The first kappa shape index (κ1) is 22.3. The van der Waals surface area contributed by atoms with Gasteiger partial charge in [-0.3, -0.25) is 9.59 Å². The second-order valence-corrected chi connectivity index (χ2v) is 8.04. The van der Waals surface area contributed by atoms with E-state index in [0.717, 1.165) is 22.7 Å². The zero-order valence-electron chi connectivity index (χ0n) is 18.7. The van der Waals surface area contributed by atoms with Crippen molar-refractivity contribution in [3.63, 3.8) is 0 Å². The summed E-state index contributed by atoms with van der Waals surface area (Å²) in [6.45, 7) is 5.03. The number of hydrogen-bond acceptors (Lipinski definition) is 5. The summed E-state index contributed by atoms with van der Waals surface area (Å²) < 4.78 is 5.80. The third kappa shape index (κ3) is 6.10. The van der Waals surface area contributed by atoms with Gasteiger partial charge in [-0.05, 0) is 36.8 Å². The molecule has 0 bridgehead atoms. The number of benzene rings is 2. The van der Waals surface area contributed by atoms with Gasteiger partial charge in [-0.2, -0.15) is 0 Å². The van der Waals surface area contributed by atoms with Crippen LogP contribution in [0.15, 0.2) is 72.9 Å². The molecule has 1 aliphatic heterocycles. The van der Waals surface area contributed by atoms with E-state index in [0.29, 0.717) is 38.3 Å². The highest BCUT2D eigenvalue weighted by atomic mass is 16.5. The van der Waals surface area contributed by atoms with Gasteiger partial charge in [0.05, 0.1) is 12.7 Å². The lowest BCUT2D eigenvalue weighted by molar-refractivity contribution is -0.130. The number of nitrogens with zero attached hydrogens (tertiary/aromatic N) is 3. The standard InChI is InChI=1S/C26H28N4O3/c1-20-7-9-22(10-8-20)26(32)28-18-25(31)30-15-13-29(14-16-30)24-12-11-23(17-27-24)33-19-21-5-3-2-4-6-21/h2-12,17H,13-16,18-19H2,1H3,(H,28,32). The molecule has 2 amide bonds. The molecule has 0 saturated carbocycles. The summed E-state index contributed by atoms with van der Waals surface area (Å²) in [4.78, 5) is 33.2. The van der Waals surface area contributed by atoms with Gasteiger partial charge in [0.15, 0.2) is 0 Å². The largest absolute Gasteiger partial charge is 0.487 e. The maximum absolute atomic E-state index is 12.5. The molecule has 1 aromatic heterocycles. The third-order valence-electron chi connectivity index (χ3n) is 5.64. The molecule has 2 heterocycles. The van der Waals surface area contributed by atoms with Crippen molar-refractivity contribution >= 4 is 17.6 Å². The first-order valence-corrected chi connectivity index (χ1v) is 11.1. The van der Waals surface area contributed by atoms with Crippen molar-refractivity contribution < 1.29 is 14.3 Å². The SMILES string of the molecule is Cc1ccc(C(=O)NCC(=O)N2CCN(c3ccc(OCc4ccccc4)cn3)CC2)cc1. The third-order valence-corrected chi connectivity index (χ3v) is 5.64. The molecule has 3 aromatic rings. The minimum Gasteiger partial charge on any atom is -0.487 e. The Bertz CT molecular complexity index is 1060. The summed E-state index contributed by atoms with van der Waals surface area (Å²) >= 11 is 0. The minimum atomic E-state index is -0.235. The number of carbonyl (C=O) groups is 2. The Hall–Kier alpha value is -3.87. The molecule has 7 heteroatoms. The predicted molar refractivity (Wildman–Crippen MR) is 127 cm³/mol. The van der Waals surface area contributed by atoms with Crippen LogP contribution in [0.5, 0.6) is 5.75 Å². The number of aryl methyl sites for hydroxylation is 1. The van der Waals surface area contributed by atoms with Gasteiger partial charge >= 0.3 is 0 Å². The number of amides is 2. The zero-order chi connectivity index (χ0) is 23.0. The van der Waals surface area contributed by atoms with Gasteiger partial charge < -0.3 is 19.9 Å². The molecule has 1 saturated heterocycles. The van der Waals surface area contributed by atoms with Crippen molar-refractivity contribution in [3.8, 4) is 5.75 Å². The average molecular weight is 445 g/mol. The Morgan fingerprint density at radius 3 is 2.33 bits per heavy atom. The number of aromatic nitrogens is 1. The van der Waals surface area contributed by atoms with E-state index in [1.54, 1.807) is 23.2 Å². The summed E-state index contributed by atoms with van der Waals surface area (Å²) in [7, 11) is 0. The molecule has 0 radical (unpaired) electrons. The normalized spacial score (nSPS) is 13.5. The first-order valence-electron chi connectivity index (χ1n) is 11.1. The number of ether oxygens (including phenoxy) is 1. The van der Waals surface area contributed by atoms with Gasteiger partial charge in [0.1, 0.15) is 18.2 Å². The number of piperazine rings is 1. The molecule has 1 fully saturated rings. The quantitative estimate of drug-likeness (QED) is 0.606. The smallest absolute Gasteiger partial charge is 0.251 e. The van der Waals surface area contributed by atoms with Crippen LogP contribution in [0.1, 0.15) is 21.5 Å². The summed E-state index contributed by atoms with van der Waals surface area (Å²) in [6.07, 6.45) is 1.73. The van der Waals surface area contributed by atoms with Gasteiger partial charge in [-0.1, -0.05) is 48.0 Å². The van der Waals surface area contributed by atoms with Gasteiger partial charge in [0.2, 0.25) is 5.91 Å². The Morgan fingerprint density at radius 1 is 0.939 bits per heavy atom. The molecular formula is C26H28N4O3. The monoisotopic (exact) mass is 444 g/mol. The number of carbonyl (C=O) groups excluding carboxylic acids is 2. The minimum absolute atomic E-state index is 0.00158. The van der Waals surface area contributed by atoms with Crippen molar-refractivity contribution in [2.45, 2.75) is 13.5 Å². The second kappa shape index (κ2) is 10.6. The van der Waals surface area contributed by atoms with E-state index < -0.39 is 0 Å². The van der Waals surface area contributed by atoms with Gasteiger partial charge in [-0.15, -0.1) is 0 Å². The Labute approximate surface area is 194 Å². The Balaban J connectivity index is 1.21. The van der Waals surface area contributed by atoms with Crippen molar-refractivity contribution in [3.05, 3.63) is 89.6 Å². The lowest BCUT2D eigenvalue weighted by Gasteiger charge is -2.35. The van der Waals surface area contributed by atoms with E-state index in [-0.39, 0.29) is 18.4 Å². The number of anilines is 1. The highest BCUT2D eigenvalue weighted by molar-refractivity contribution is 5.96. The second-order valence-electron chi connectivity index (χ2n) is 8.04. The van der Waals surface area contributed by atoms with Crippen LogP contribution in [0.2, 0.25) is 0 Å². The van der Waals surface area contributed by atoms with Crippen LogP contribution in [-0.2, 0) is 11.4 Å². The van der Waals surface area contributed by atoms with E-state index in [9.17, 15) is 9.59 Å². The fraction of sp³-hybridized carbons (Fsp3) is 0.269. The van der Waals surface area contributed by atoms with E-state index in [1.807, 2.05) is 61.5 Å². The molecule has 170 valence electrons. The lowest BCUT2D eigenvalue weighted by Crippen LogP contribution is -2.51. The van der Waals surface area contributed by atoms with Crippen LogP contribution in [0.25, 0.3) is 0 Å². The van der Waals surface area contributed by atoms with Crippen LogP contribution >= 0.6 is 0 Å². The molecule has 0 aliphatic carbocycles. The molecule has 0 unspecified atom stereocenters. The van der Waals surface area contributed by atoms with Crippen molar-refractivity contribution in [1.82, 2.24) is 15.2 Å². The van der Waals surface area contributed by atoms with Crippen molar-refractivity contribution in [2.24, 2.45) is 0 Å². The van der Waals surface area contributed by atoms with Gasteiger partial charge in [-0.25, -0.2) is 4.98 Å². The Kier molecular flexibility index (Phi) is 7.19. The molecule has 1 aliphatic rings. The van der Waals surface area contributed by atoms with Gasteiger partial charge in [0, 0.05) is 31.7 Å². The average Bonchev–Trinajstić information content (AvgIpc) is 2.87. The summed E-state index contributed by atoms with van der Waals surface area (Å²) in [6, 6.07) is 21.2. The Morgan fingerprint density at radius 2 is 1.67 bits per heavy atom. The molecule has 1 N–H and O–H groups in total. The molecule has 33 heavy (non-hydrogen) atoms. The fourth-order valence-corrected chi connectivity index (χ4v) is 3.65. The number of nitrogens with one attached hydrogen (secondary N) is 1. The van der Waals surface area contributed by atoms with Crippen LogP contribution in [0, 0.1) is 6.92 Å². The summed E-state index contributed by atoms with van der Waals surface area (Å²) in [5.74, 6) is 1.27. The van der Waals surface area contributed by atoms with Crippen LogP contribution in [0.3, 0.4) is 0 Å². The van der Waals surface area contributed by atoms with E-state index in [2.05, 4.69) is 15.2 Å². The van der Waals surface area contributed by atoms with Crippen molar-refractivity contribution in [1.29, 1.82) is 0 Å². The molecule has 2 aromatic carbocycles. The molecule has 4 rings (SSSR count). The predicted octanol–water partition coefficient (Wildman–Crippen LogP) is 3.05. The van der Waals surface area contributed by atoms with E-state index >= 15 is 0 Å². The van der Waals surface area contributed by atoms with Crippen LogP contribution in [0.4, 0.5) is 5.82 Å². The lowest BCUT2D eigenvalue weighted by atomic mass is 10.1. The van der Waals surface area contributed by atoms with E-state index in [1.165, 1.54) is 0 Å². The summed E-state index contributed by atoms with van der Waals surface area (Å²) in [5, 5.41) is 2.72. The number of pyridine rings is 1. The van der Waals surface area contributed by atoms with Crippen LogP contribution < -0.4 is 15.0 Å². The molecule has 0 atom stereocenters. The topological polar surface area (TPSA) is 74.8 Å². The van der Waals surface area contributed by atoms with Gasteiger partial charge in [0.25, 0.3) is 5.91 Å². The van der Waals surface area contributed by atoms with E-state index in [4.69, 9.17) is 4.74 Å². The van der Waals surface area contributed by atoms with Crippen LogP contribution in [-0.4, -0.2) is 54.4 Å². The maximum Gasteiger partial charge on any atom is 0.251 e. The highest BCUT2D eigenvalue weighted by Crippen LogP contribution is 2.18. The zero-order valence-corrected chi connectivity index (χ0v) is 18.7. The van der Waals surface area contributed by atoms with Crippen molar-refractivity contribution in [2.75, 3.05) is 37.6 Å². The fourth-order valence-electron chi connectivity index (χ4n) is 3.65. The molecular weight excluding hydrogens is 416 g/mol. The molecule has 7 nitrogen and oxygen atoms in total. The first-order chi connectivity index (χ1) is 16.1. The highest BCUT2D eigenvalue weighted by Gasteiger charge is 2.22. The number of hydrogen-bond donors (Lipinski definition) is 1. The molecule has 0 spiro atoms. The number of rotatable bonds is 7. The summed E-state index contributed by atoms with van der Waals surface area (Å²) in [5.41, 5.74) is 2.75.